The van der Waals surface area contributed by atoms with Crippen molar-refractivity contribution in [3.05, 3.63) is 77.1 Å². The van der Waals surface area contributed by atoms with E-state index in [1.165, 1.54) is 12.4 Å². The van der Waals surface area contributed by atoms with Gasteiger partial charge in [-0.3, -0.25) is 9.79 Å². The van der Waals surface area contributed by atoms with E-state index in [0.717, 1.165) is 41.8 Å². The van der Waals surface area contributed by atoms with E-state index in [9.17, 15) is 4.79 Å². The molecular formula is C23H21ClN6OS. The Morgan fingerprint density at radius 2 is 2.28 bits per heavy atom. The van der Waals surface area contributed by atoms with Gasteiger partial charge in [0.1, 0.15) is 6.33 Å². The van der Waals surface area contributed by atoms with Gasteiger partial charge in [0.2, 0.25) is 0 Å². The Labute approximate surface area is 195 Å². The molecule has 1 N–H and O–H groups in total. The van der Waals surface area contributed by atoms with E-state index < -0.39 is 0 Å². The molecule has 1 aliphatic carbocycles. The second kappa shape index (κ2) is 10.4. The molecule has 2 aliphatic rings. The molecule has 0 saturated heterocycles. The van der Waals surface area contributed by atoms with Crippen LogP contribution in [-0.4, -0.2) is 33.1 Å². The van der Waals surface area contributed by atoms with Gasteiger partial charge in [0, 0.05) is 47.9 Å². The van der Waals surface area contributed by atoms with Crippen LogP contribution in [0.5, 0.6) is 0 Å². The molecule has 1 amide bonds. The topological polar surface area (TPSA) is 84.5 Å². The van der Waals surface area contributed by atoms with E-state index in [-0.39, 0.29) is 5.91 Å². The molecule has 0 spiro atoms. The number of carbonyl (C=O) groups is 1. The predicted molar refractivity (Wildman–Crippen MR) is 132 cm³/mol. The number of halogens is 1. The lowest BCUT2D eigenvalue weighted by Crippen LogP contribution is -2.12. The van der Waals surface area contributed by atoms with Crippen molar-refractivity contribution in [1.29, 1.82) is 0 Å². The molecule has 2 aromatic rings. The van der Waals surface area contributed by atoms with Crippen LogP contribution in [0.25, 0.3) is 11.4 Å². The number of allylic oxidation sites excluding steroid dienone is 5. The minimum absolute atomic E-state index is 0.232. The first kappa shape index (κ1) is 22.0. The third-order valence-corrected chi connectivity index (χ3v) is 5.75. The Balaban J connectivity index is 1.47. The SMILES string of the molecule is C=C/N=C\C(Cl)=C/CC1=CC=NSC(C(=O)Nc2cccc(-c3nncn3C3CC3)c2)=C1. The summed E-state index contributed by atoms with van der Waals surface area (Å²) in [4.78, 5) is 17.3. The smallest absolute Gasteiger partial charge is 0.263 e. The third kappa shape index (κ3) is 5.72. The number of aromatic nitrogens is 3. The average Bonchev–Trinajstić information content (AvgIpc) is 3.58. The summed E-state index contributed by atoms with van der Waals surface area (Å²) in [5.74, 6) is 0.578. The molecule has 9 heteroatoms. The van der Waals surface area contributed by atoms with Crippen molar-refractivity contribution in [2.75, 3.05) is 5.32 Å². The van der Waals surface area contributed by atoms with Gasteiger partial charge in [0.15, 0.2) is 5.82 Å². The number of nitrogens with one attached hydrogen (secondary N) is 1. The van der Waals surface area contributed by atoms with Crippen LogP contribution in [0, 0.1) is 0 Å². The summed E-state index contributed by atoms with van der Waals surface area (Å²) in [6.07, 6.45) is 14.7. The average molecular weight is 465 g/mol. The molecule has 1 aromatic heterocycles. The van der Waals surface area contributed by atoms with Crippen LogP contribution in [0.2, 0.25) is 0 Å². The summed E-state index contributed by atoms with van der Waals surface area (Å²) in [6.45, 7) is 3.52. The lowest BCUT2D eigenvalue weighted by molar-refractivity contribution is -0.112. The standard InChI is InChI=1S/C23H21ClN6OS/c1-2-25-14-18(24)7-6-16-10-11-27-32-21(12-16)23(31)28-19-5-3-4-17(13-19)22-29-26-15-30(22)20-8-9-20/h2-5,7,10-15,20H,1,6,8-9H2,(H,28,31)/b18-7+,25-14-. The molecule has 1 aromatic carbocycles. The second-order valence-electron chi connectivity index (χ2n) is 7.18. The van der Waals surface area contributed by atoms with Crippen molar-refractivity contribution < 1.29 is 4.79 Å². The third-order valence-electron chi connectivity index (χ3n) is 4.77. The number of rotatable bonds is 8. The Morgan fingerprint density at radius 1 is 1.41 bits per heavy atom. The van der Waals surface area contributed by atoms with Crippen molar-refractivity contribution >= 4 is 47.6 Å². The predicted octanol–water partition coefficient (Wildman–Crippen LogP) is 5.49. The highest BCUT2D eigenvalue weighted by molar-refractivity contribution is 8.02. The van der Waals surface area contributed by atoms with E-state index >= 15 is 0 Å². The minimum Gasteiger partial charge on any atom is -0.321 e. The van der Waals surface area contributed by atoms with E-state index in [2.05, 4.69) is 36.1 Å². The number of nitrogens with zero attached hydrogens (tertiary/aromatic N) is 5. The Hall–Kier alpha value is -3.23. The molecule has 0 unspecified atom stereocenters. The summed E-state index contributed by atoms with van der Waals surface area (Å²) in [5.41, 5.74) is 2.50. The monoisotopic (exact) mass is 464 g/mol. The van der Waals surface area contributed by atoms with Crippen molar-refractivity contribution in [2.45, 2.75) is 25.3 Å². The summed E-state index contributed by atoms with van der Waals surface area (Å²) in [5, 5.41) is 11.8. The fourth-order valence-electron chi connectivity index (χ4n) is 3.08. The van der Waals surface area contributed by atoms with Gasteiger partial charge in [-0.2, -0.15) is 0 Å². The number of amides is 1. The van der Waals surface area contributed by atoms with Gasteiger partial charge in [-0.25, -0.2) is 4.40 Å². The van der Waals surface area contributed by atoms with Crippen LogP contribution < -0.4 is 5.32 Å². The first-order valence-electron chi connectivity index (χ1n) is 10.1. The van der Waals surface area contributed by atoms with Crippen LogP contribution in [0.4, 0.5) is 5.69 Å². The molecule has 4 rings (SSSR count). The van der Waals surface area contributed by atoms with E-state index in [1.807, 2.05) is 42.5 Å². The van der Waals surface area contributed by atoms with Crippen LogP contribution in [0.3, 0.4) is 0 Å². The van der Waals surface area contributed by atoms with Gasteiger partial charge in [0.25, 0.3) is 5.91 Å². The maximum atomic E-state index is 12.9. The van der Waals surface area contributed by atoms with E-state index in [1.54, 1.807) is 12.5 Å². The van der Waals surface area contributed by atoms with Gasteiger partial charge < -0.3 is 9.88 Å². The van der Waals surface area contributed by atoms with Gasteiger partial charge in [-0.15, -0.1) is 10.2 Å². The largest absolute Gasteiger partial charge is 0.321 e. The Morgan fingerprint density at radius 3 is 3.09 bits per heavy atom. The highest BCUT2D eigenvalue weighted by Gasteiger charge is 2.26. The normalized spacial score (nSPS) is 16.5. The fraction of sp³-hybridized carbons (Fsp3) is 0.174. The van der Waals surface area contributed by atoms with E-state index in [4.69, 9.17) is 11.6 Å². The molecule has 32 heavy (non-hydrogen) atoms. The zero-order chi connectivity index (χ0) is 22.3. The maximum absolute atomic E-state index is 12.9. The van der Waals surface area contributed by atoms with Gasteiger partial charge in [-0.1, -0.05) is 36.4 Å². The number of hydrogen-bond acceptors (Lipinski definition) is 6. The Kier molecular flexibility index (Phi) is 7.14. The molecule has 0 bridgehead atoms. The molecule has 7 nitrogen and oxygen atoms in total. The van der Waals surface area contributed by atoms with Gasteiger partial charge in [-0.05, 0) is 49.1 Å². The van der Waals surface area contributed by atoms with Crippen molar-refractivity contribution in [1.82, 2.24) is 14.8 Å². The first-order chi connectivity index (χ1) is 15.6. The quantitative estimate of drug-likeness (QED) is 0.413. The number of aliphatic imine (C=N–C) groups is 1. The number of anilines is 1. The summed E-state index contributed by atoms with van der Waals surface area (Å²) < 4.78 is 6.30. The lowest BCUT2D eigenvalue weighted by Gasteiger charge is -2.09. The van der Waals surface area contributed by atoms with E-state index in [0.29, 0.717) is 28.1 Å². The highest BCUT2D eigenvalue weighted by Crippen LogP contribution is 2.37. The van der Waals surface area contributed by atoms with Crippen LogP contribution >= 0.6 is 23.5 Å². The van der Waals surface area contributed by atoms with Gasteiger partial charge in [0.05, 0.1) is 9.94 Å². The second-order valence-corrected chi connectivity index (χ2v) is 8.45. The van der Waals surface area contributed by atoms with Crippen molar-refractivity contribution in [3.8, 4) is 11.4 Å². The lowest BCUT2D eigenvalue weighted by atomic mass is 10.1. The van der Waals surface area contributed by atoms with Gasteiger partial charge >= 0.3 is 0 Å². The van der Waals surface area contributed by atoms with Crippen LogP contribution in [0.15, 0.2) is 86.5 Å². The molecular weight excluding hydrogens is 444 g/mol. The number of hydrogen-bond donors (Lipinski definition) is 1. The van der Waals surface area contributed by atoms with Crippen molar-refractivity contribution in [2.24, 2.45) is 9.39 Å². The summed E-state index contributed by atoms with van der Waals surface area (Å²) >= 11 is 7.23. The zero-order valence-corrected chi connectivity index (χ0v) is 18.8. The van der Waals surface area contributed by atoms with Crippen LogP contribution in [-0.2, 0) is 4.79 Å². The highest BCUT2D eigenvalue weighted by atomic mass is 35.5. The molecule has 2 heterocycles. The Bertz CT molecular complexity index is 1170. The summed E-state index contributed by atoms with van der Waals surface area (Å²) in [7, 11) is 0. The minimum atomic E-state index is -0.232. The number of benzene rings is 1. The van der Waals surface area contributed by atoms with Crippen molar-refractivity contribution in [3.63, 3.8) is 0 Å². The zero-order valence-electron chi connectivity index (χ0n) is 17.2. The molecule has 0 atom stereocenters. The molecule has 1 fully saturated rings. The molecule has 1 saturated carbocycles. The van der Waals surface area contributed by atoms with Crippen LogP contribution in [0.1, 0.15) is 25.3 Å². The fourth-order valence-corrected chi connectivity index (χ4v) is 3.79. The molecule has 0 radical (unpaired) electrons. The summed E-state index contributed by atoms with van der Waals surface area (Å²) in [6, 6.07) is 8.09. The maximum Gasteiger partial charge on any atom is 0.263 e. The molecule has 162 valence electrons. The molecule has 1 aliphatic heterocycles. The first-order valence-corrected chi connectivity index (χ1v) is 11.2. The number of carbonyl (C=O) groups excluding carboxylic acids is 1.